The maximum absolute atomic E-state index is 13.6. The molecule has 2 heterocycles. The zero-order valence-corrected chi connectivity index (χ0v) is 19.5. The second kappa shape index (κ2) is 9.85. The molecule has 2 aromatic heterocycles. The molecule has 0 fully saturated rings. The molecular weight excluding hydrogens is 445 g/mol. The lowest BCUT2D eigenvalue weighted by molar-refractivity contribution is -0.124. The number of H-pyrrole nitrogens is 2. The van der Waals surface area contributed by atoms with E-state index >= 15 is 0 Å². The van der Waals surface area contributed by atoms with Crippen LogP contribution in [0.15, 0.2) is 54.9 Å². The lowest BCUT2D eigenvalue weighted by Gasteiger charge is -2.29. The Morgan fingerprint density at radius 1 is 1.29 bits per heavy atom. The minimum Gasteiger partial charge on any atom is -0.361 e. The van der Waals surface area contributed by atoms with Gasteiger partial charge in [-0.1, -0.05) is 18.2 Å². The SMILES string of the molecule is Cc1[nH]ncc1CN(CCc1c[nH]c2cc(F)ccc12)C1CCc2cc(/C=C/C(=O)NO)ccc21. The number of hydroxylamine groups is 1. The first kappa shape index (κ1) is 23.0. The van der Waals surface area contributed by atoms with Crippen molar-refractivity contribution in [2.24, 2.45) is 0 Å². The monoisotopic (exact) mass is 473 g/mol. The van der Waals surface area contributed by atoms with Crippen molar-refractivity contribution in [1.82, 2.24) is 25.6 Å². The molecule has 0 spiro atoms. The smallest absolute Gasteiger partial charge is 0.267 e. The third-order valence-electron chi connectivity index (χ3n) is 6.90. The summed E-state index contributed by atoms with van der Waals surface area (Å²) in [5, 5.41) is 17.0. The number of nitrogens with zero attached hydrogens (tertiary/aromatic N) is 2. The number of carbonyl (C=O) groups excluding carboxylic acids is 1. The average Bonchev–Trinajstić information content (AvgIpc) is 3.58. The molecule has 35 heavy (non-hydrogen) atoms. The summed E-state index contributed by atoms with van der Waals surface area (Å²) < 4.78 is 13.6. The first-order valence-corrected chi connectivity index (χ1v) is 11.7. The van der Waals surface area contributed by atoms with Crippen LogP contribution in [0, 0.1) is 12.7 Å². The number of fused-ring (bicyclic) bond motifs is 2. The standard InChI is InChI=1S/C27H28FN5O2/c1-17-21(15-30-31-17)16-33(11-10-20-14-29-25-13-22(28)5-7-23(20)25)26-8-4-19-12-18(2-6-24(19)26)3-9-27(34)32-35/h2-3,5-7,9,12-15,26,29,35H,4,8,10-11,16H2,1H3,(H,30,31)(H,32,34)/b9-3+. The Hall–Kier alpha value is -3.75. The van der Waals surface area contributed by atoms with Crippen molar-refractivity contribution in [3.63, 3.8) is 0 Å². The van der Waals surface area contributed by atoms with Gasteiger partial charge in [0.1, 0.15) is 5.82 Å². The minimum absolute atomic E-state index is 0.239. The molecule has 1 aliphatic rings. The van der Waals surface area contributed by atoms with E-state index in [0.717, 1.165) is 54.5 Å². The number of rotatable bonds is 8. The first-order chi connectivity index (χ1) is 17.0. The van der Waals surface area contributed by atoms with Crippen molar-refractivity contribution in [2.75, 3.05) is 6.54 Å². The Bertz CT molecular complexity index is 1390. The minimum atomic E-state index is -0.551. The fourth-order valence-electron chi connectivity index (χ4n) is 5.04. The van der Waals surface area contributed by atoms with Gasteiger partial charge in [-0.15, -0.1) is 0 Å². The van der Waals surface area contributed by atoms with Gasteiger partial charge in [0.05, 0.1) is 6.20 Å². The van der Waals surface area contributed by atoms with Gasteiger partial charge in [0.15, 0.2) is 0 Å². The topological polar surface area (TPSA) is 97.0 Å². The van der Waals surface area contributed by atoms with E-state index in [2.05, 4.69) is 32.2 Å². The van der Waals surface area contributed by atoms with E-state index in [1.54, 1.807) is 11.6 Å². The summed E-state index contributed by atoms with van der Waals surface area (Å²) in [6.07, 6.45) is 9.70. The van der Waals surface area contributed by atoms with Crippen molar-refractivity contribution in [1.29, 1.82) is 0 Å². The van der Waals surface area contributed by atoms with Crippen LogP contribution in [0.2, 0.25) is 0 Å². The summed E-state index contributed by atoms with van der Waals surface area (Å²) in [4.78, 5) is 17.0. The van der Waals surface area contributed by atoms with Crippen LogP contribution >= 0.6 is 0 Å². The highest BCUT2D eigenvalue weighted by atomic mass is 19.1. The third-order valence-corrected chi connectivity index (χ3v) is 6.90. The van der Waals surface area contributed by atoms with Crippen LogP contribution in [-0.4, -0.2) is 37.7 Å². The molecule has 1 atom stereocenters. The first-order valence-electron chi connectivity index (χ1n) is 11.7. The van der Waals surface area contributed by atoms with Crippen molar-refractivity contribution >= 4 is 22.9 Å². The Kier molecular flexibility index (Phi) is 6.48. The summed E-state index contributed by atoms with van der Waals surface area (Å²) in [7, 11) is 0. The Morgan fingerprint density at radius 2 is 2.17 bits per heavy atom. The van der Waals surface area contributed by atoms with Crippen molar-refractivity contribution in [3.05, 3.63) is 94.2 Å². The zero-order valence-electron chi connectivity index (χ0n) is 19.5. The molecule has 0 radical (unpaired) electrons. The van der Waals surface area contributed by atoms with Gasteiger partial charge in [-0.05, 0) is 72.7 Å². The molecular formula is C27H28FN5O2. The number of aromatic nitrogens is 3. The highest BCUT2D eigenvalue weighted by Gasteiger charge is 2.28. The van der Waals surface area contributed by atoms with Gasteiger partial charge in [0.2, 0.25) is 0 Å². The van der Waals surface area contributed by atoms with Crippen LogP contribution in [0.25, 0.3) is 17.0 Å². The lowest BCUT2D eigenvalue weighted by atomic mass is 10.0. The molecule has 180 valence electrons. The molecule has 4 aromatic rings. The molecule has 1 amide bonds. The quantitative estimate of drug-likeness (QED) is 0.171. The van der Waals surface area contributed by atoms with Gasteiger partial charge in [0, 0.05) is 53.6 Å². The van der Waals surface area contributed by atoms with E-state index in [-0.39, 0.29) is 11.9 Å². The maximum atomic E-state index is 13.6. The Balaban J connectivity index is 1.39. The Labute approximate surface area is 202 Å². The molecule has 5 rings (SSSR count). The van der Waals surface area contributed by atoms with E-state index in [1.165, 1.54) is 40.5 Å². The summed E-state index contributed by atoms with van der Waals surface area (Å²) in [5.74, 6) is -0.790. The fourth-order valence-corrected chi connectivity index (χ4v) is 5.04. The molecule has 1 aliphatic carbocycles. The lowest BCUT2D eigenvalue weighted by Crippen LogP contribution is -2.29. The predicted molar refractivity (Wildman–Crippen MR) is 132 cm³/mol. The third kappa shape index (κ3) is 4.89. The normalized spacial score (nSPS) is 15.4. The number of hydrogen-bond acceptors (Lipinski definition) is 4. The van der Waals surface area contributed by atoms with E-state index in [4.69, 9.17) is 5.21 Å². The summed E-state index contributed by atoms with van der Waals surface area (Å²) in [6, 6.07) is 11.4. The molecule has 0 saturated carbocycles. The van der Waals surface area contributed by atoms with Crippen LogP contribution in [0.3, 0.4) is 0 Å². The van der Waals surface area contributed by atoms with E-state index in [1.807, 2.05) is 31.5 Å². The van der Waals surface area contributed by atoms with Crippen LogP contribution in [0.5, 0.6) is 0 Å². The molecule has 4 N–H and O–H groups in total. The molecule has 1 unspecified atom stereocenters. The van der Waals surface area contributed by atoms with Crippen molar-refractivity contribution in [2.45, 2.75) is 38.8 Å². The maximum Gasteiger partial charge on any atom is 0.267 e. The van der Waals surface area contributed by atoms with Crippen molar-refractivity contribution in [3.8, 4) is 0 Å². The zero-order chi connectivity index (χ0) is 24.4. The van der Waals surface area contributed by atoms with E-state index in [9.17, 15) is 9.18 Å². The van der Waals surface area contributed by atoms with Crippen molar-refractivity contribution < 1.29 is 14.4 Å². The highest BCUT2D eigenvalue weighted by molar-refractivity contribution is 5.90. The predicted octanol–water partition coefficient (Wildman–Crippen LogP) is 4.59. The molecule has 0 aliphatic heterocycles. The molecule has 0 bridgehead atoms. The van der Waals surface area contributed by atoms with Crippen LogP contribution < -0.4 is 5.48 Å². The number of aromatic amines is 2. The summed E-state index contributed by atoms with van der Waals surface area (Å²) in [6.45, 7) is 3.66. The number of amides is 1. The average molecular weight is 474 g/mol. The van der Waals surface area contributed by atoms with E-state index in [0.29, 0.717) is 0 Å². The second-order valence-corrected chi connectivity index (χ2v) is 9.07. The number of aryl methyl sites for hydroxylation is 2. The number of halogens is 1. The van der Waals surface area contributed by atoms with Gasteiger partial charge in [-0.3, -0.25) is 20.0 Å². The van der Waals surface area contributed by atoms with Crippen LogP contribution in [0.4, 0.5) is 4.39 Å². The van der Waals surface area contributed by atoms with Crippen LogP contribution in [0.1, 0.15) is 46.0 Å². The second-order valence-electron chi connectivity index (χ2n) is 9.07. The molecule has 2 aromatic carbocycles. The Morgan fingerprint density at radius 3 is 2.97 bits per heavy atom. The highest BCUT2D eigenvalue weighted by Crippen LogP contribution is 2.37. The summed E-state index contributed by atoms with van der Waals surface area (Å²) in [5.41, 5.74) is 9.36. The number of hydrogen-bond donors (Lipinski definition) is 4. The van der Waals surface area contributed by atoms with Crippen LogP contribution in [-0.2, 0) is 24.2 Å². The number of benzene rings is 2. The molecule has 0 saturated heterocycles. The number of nitrogens with one attached hydrogen (secondary N) is 3. The van der Waals surface area contributed by atoms with Gasteiger partial charge in [-0.25, -0.2) is 9.87 Å². The van der Waals surface area contributed by atoms with Gasteiger partial charge < -0.3 is 4.98 Å². The number of carbonyl (C=O) groups is 1. The molecule has 7 nitrogen and oxygen atoms in total. The largest absolute Gasteiger partial charge is 0.361 e. The van der Waals surface area contributed by atoms with Gasteiger partial charge in [0.25, 0.3) is 5.91 Å². The fraction of sp³-hybridized carbons (Fsp3) is 0.259. The van der Waals surface area contributed by atoms with Gasteiger partial charge >= 0.3 is 0 Å². The van der Waals surface area contributed by atoms with Gasteiger partial charge in [-0.2, -0.15) is 5.10 Å². The summed E-state index contributed by atoms with van der Waals surface area (Å²) >= 11 is 0. The van der Waals surface area contributed by atoms with E-state index < -0.39 is 5.91 Å². The molecule has 8 heteroatoms.